The quantitative estimate of drug-likeness (QED) is 0.708. The summed E-state index contributed by atoms with van der Waals surface area (Å²) in [5, 5.41) is 3.47. The highest BCUT2D eigenvalue weighted by Gasteiger charge is 2.42. The number of carbonyl (C=O) groups excluding carboxylic acids is 1. The molecular formula is C12H22N2O2. The summed E-state index contributed by atoms with van der Waals surface area (Å²) in [5.74, 6) is 1.50. The molecule has 2 aliphatic rings. The van der Waals surface area contributed by atoms with Gasteiger partial charge in [0.05, 0.1) is 13.5 Å². The monoisotopic (exact) mass is 226 g/mol. The lowest BCUT2D eigenvalue weighted by molar-refractivity contribution is -0.141. The van der Waals surface area contributed by atoms with Crippen LogP contribution in [0.4, 0.5) is 0 Å². The molecule has 16 heavy (non-hydrogen) atoms. The molecule has 0 aromatic carbocycles. The standard InChI is InChI=1S/C12H22N2O2/c1-3-11-10-7-13-6-9(10)8-14(11)5-4-12(15)16-2/h9-11,13H,3-8H2,1-2H3. The van der Waals surface area contributed by atoms with Crippen LogP contribution >= 0.6 is 0 Å². The minimum Gasteiger partial charge on any atom is -0.469 e. The van der Waals surface area contributed by atoms with Gasteiger partial charge >= 0.3 is 5.97 Å². The summed E-state index contributed by atoms with van der Waals surface area (Å²) in [6.07, 6.45) is 1.71. The van der Waals surface area contributed by atoms with Gasteiger partial charge in [-0.3, -0.25) is 9.69 Å². The van der Waals surface area contributed by atoms with Gasteiger partial charge < -0.3 is 10.1 Å². The maximum atomic E-state index is 11.1. The molecule has 3 unspecified atom stereocenters. The fourth-order valence-electron chi connectivity index (χ4n) is 3.27. The fraction of sp³-hybridized carbons (Fsp3) is 0.917. The van der Waals surface area contributed by atoms with Crippen molar-refractivity contribution in [3.63, 3.8) is 0 Å². The molecule has 0 saturated carbocycles. The van der Waals surface area contributed by atoms with Gasteiger partial charge in [0.25, 0.3) is 0 Å². The number of nitrogens with zero attached hydrogens (tertiary/aromatic N) is 1. The van der Waals surface area contributed by atoms with E-state index in [1.165, 1.54) is 13.5 Å². The number of hydrogen-bond acceptors (Lipinski definition) is 4. The first-order valence-electron chi connectivity index (χ1n) is 6.27. The van der Waals surface area contributed by atoms with Crippen molar-refractivity contribution in [2.75, 3.05) is 33.3 Å². The molecule has 2 saturated heterocycles. The number of rotatable bonds is 4. The lowest BCUT2D eigenvalue weighted by Crippen LogP contribution is -2.36. The molecule has 2 fully saturated rings. The summed E-state index contributed by atoms with van der Waals surface area (Å²) in [5.41, 5.74) is 0. The van der Waals surface area contributed by atoms with Crippen LogP contribution in [0.15, 0.2) is 0 Å². The smallest absolute Gasteiger partial charge is 0.306 e. The Morgan fingerprint density at radius 3 is 3.00 bits per heavy atom. The molecule has 3 atom stereocenters. The van der Waals surface area contributed by atoms with Gasteiger partial charge in [-0.25, -0.2) is 0 Å². The van der Waals surface area contributed by atoms with Crippen LogP contribution < -0.4 is 5.32 Å². The highest BCUT2D eigenvalue weighted by atomic mass is 16.5. The number of carbonyl (C=O) groups is 1. The largest absolute Gasteiger partial charge is 0.469 e. The first kappa shape index (κ1) is 11.9. The Morgan fingerprint density at radius 2 is 2.31 bits per heavy atom. The number of esters is 1. The molecule has 2 rings (SSSR count). The van der Waals surface area contributed by atoms with Gasteiger partial charge in [0.2, 0.25) is 0 Å². The molecule has 2 heterocycles. The van der Waals surface area contributed by atoms with E-state index in [9.17, 15) is 4.79 Å². The third kappa shape index (κ3) is 2.23. The lowest BCUT2D eigenvalue weighted by atomic mass is 9.93. The average molecular weight is 226 g/mol. The maximum Gasteiger partial charge on any atom is 0.306 e. The topological polar surface area (TPSA) is 41.6 Å². The molecular weight excluding hydrogens is 204 g/mol. The second-order valence-electron chi connectivity index (χ2n) is 4.88. The van der Waals surface area contributed by atoms with Crippen LogP contribution in [0.25, 0.3) is 0 Å². The number of nitrogens with one attached hydrogen (secondary N) is 1. The molecule has 4 nitrogen and oxygen atoms in total. The molecule has 0 aromatic rings. The number of ether oxygens (including phenoxy) is 1. The molecule has 0 aliphatic carbocycles. The number of fused-ring (bicyclic) bond motifs is 1. The minimum absolute atomic E-state index is 0.0926. The lowest BCUT2D eigenvalue weighted by Gasteiger charge is -2.26. The zero-order valence-electron chi connectivity index (χ0n) is 10.2. The first-order valence-corrected chi connectivity index (χ1v) is 6.27. The molecule has 1 N–H and O–H groups in total. The van der Waals surface area contributed by atoms with Crippen molar-refractivity contribution in [1.29, 1.82) is 0 Å². The molecule has 0 spiro atoms. The van der Waals surface area contributed by atoms with Crippen molar-refractivity contribution in [2.45, 2.75) is 25.8 Å². The SMILES string of the molecule is CCC1C2CNCC2CN1CCC(=O)OC. The van der Waals surface area contributed by atoms with Crippen LogP contribution in [0.5, 0.6) is 0 Å². The van der Waals surface area contributed by atoms with E-state index < -0.39 is 0 Å². The summed E-state index contributed by atoms with van der Waals surface area (Å²) in [7, 11) is 1.46. The molecule has 0 radical (unpaired) electrons. The molecule has 0 amide bonds. The average Bonchev–Trinajstić information content (AvgIpc) is 2.84. The number of hydrogen-bond donors (Lipinski definition) is 1. The van der Waals surface area contributed by atoms with Crippen LogP contribution in [-0.4, -0.2) is 50.2 Å². The maximum absolute atomic E-state index is 11.1. The summed E-state index contributed by atoms with van der Waals surface area (Å²) in [6, 6.07) is 0.657. The zero-order chi connectivity index (χ0) is 11.5. The van der Waals surface area contributed by atoms with Gasteiger partial charge in [0, 0.05) is 19.1 Å². The van der Waals surface area contributed by atoms with E-state index in [4.69, 9.17) is 4.74 Å². The Kier molecular flexibility index (Phi) is 3.82. The van der Waals surface area contributed by atoms with Crippen LogP contribution in [0, 0.1) is 11.8 Å². The number of likely N-dealkylation sites (tertiary alicyclic amines) is 1. The van der Waals surface area contributed by atoms with Gasteiger partial charge in [-0.2, -0.15) is 0 Å². The van der Waals surface area contributed by atoms with Crippen molar-refractivity contribution in [3.05, 3.63) is 0 Å². The molecule has 0 bridgehead atoms. The van der Waals surface area contributed by atoms with E-state index in [2.05, 4.69) is 17.1 Å². The molecule has 4 heteroatoms. The Morgan fingerprint density at radius 1 is 1.50 bits per heavy atom. The van der Waals surface area contributed by atoms with E-state index in [1.807, 2.05) is 0 Å². The van der Waals surface area contributed by atoms with Gasteiger partial charge in [-0.1, -0.05) is 6.92 Å². The highest BCUT2D eigenvalue weighted by Crippen LogP contribution is 2.34. The van der Waals surface area contributed by atoms with Crippen molar-refractivity contribution in [2.24, 2.45) is 11.8 Å². The predicted octanol–water partition coefficient (Wildman–Crippen LogP) is 0.479. The van der Waals surface area contributed by atoms with Crippen molar-refractivity contribution in [3.8, 4) is 0 Å². The highest BCUT2D eigenvalue weighted by molar-refractivity contribution is 5.69. The summed E-state index contributed by atoms with van der Waals surface area (Å²) in [4.78, 5) is 13.6. The van der Waals surface area contributed by atoms with Crippen molar-refractivity contribution < 1.29 is 9.53 Å². The Labute approximate surface area is 97.3 Å². The van der Waals surface area contributed by atoms with E-state index in [0.29, 0.717) is 12.5 Å². The second kappa shape index (κ2) is 5.15. The van der Waals surface area contributed by atoms with Crippen LogP contribution in [0.1, 0.15) is 19.8 Å². The summed E-state index contributed by atoms with van der Waals surface area (Å²) >= 11 is 0. The zero-order valence-corrected chi connectivity index (χ0v) is 10.2. The van der Waals surface area contributed by atoms with Gasteiger partial charge in [0.15, 0.2) is 0 Å². The molecule has 92 valence electrons. The molecule has 0 aromatic heterocycles. The molecule has 2 aliphatic heterocycles. The van der Waals surface area contributed by atoms with E-state index in [-0.39, 0.29) is 5.97 Å². The predicted molar refractivity (Wildman–Crippen MR) is 62.1 cm³/mol. The first-order chi connectivity index (χ1) is 7.76. The van der Waals surface area contributed by atoms with E-state index in [0.717, 1.165) is 38.0 Å². The minimum atomic E-state index is -0.0926. The second-order valence-corrected chi connectivity index (χ2v) is 4.88. The normalized spacial score (nSPS) is 34.0. The third-order valence-electron chi connectivity index (χ3n) is 4.07. The van der Waals surface area contributed by atoms with E-state index in [1.54, 1.807) is 0 Å². The number of methoxy groups -OCH3 is 1. The Bertz CT molecular complexity index is 257. The summed E-state index contributed by atoms with van der Waals surface area (Å²) in [6.45, 7) is 6.55. The van der Waals surface area contributed by atoms with Gasteiger partial charge in [0.1, 0.15) is 0 Å². The summed E-state index contributed by atoms with van der Waals surface area (Å²) < 4.78 is 4.69. The van der Waals surface area contributed by atoms with Crippen LogP contribution in [-0.2, 0) is 9.53 Å². The van der Waals surface area contributed by atoms with Crippen LogP contribution in [0.2, 0.25) is 0 Å². The van der Waals surface area contributed by atoms with Crippen LogP contribution in [0.3, 0.4) is 0 Å². The fourth-order valence-corrected chi connectivity index (χ4v) is 3.27. The van der Waals surface area contributed by atoms with E-state index >= 15 is 0 Å². The van der Waals surface area contributed by atoms with Crippen molar-refractivity contribution >= 4 is 5.97 Å². The Balaban J connectivity index is 1.87. The van der Waals surface area contributed by atoms with Gasteiger partial charge in [-0.15, -0.1) is 0 Å². The van der Waals surface area contributed by atoms with Gasteiger partial charge in [-0.05, 0) is 31.3 Å². The third-order valence-corrected chi connectivity index (χ3v) is 4.07. The van der Waals surface area contributed by atoms with Crippen molar-refractivity contribution in [1.82, 2.24) is 10.2 Å². The Hall–Kier alpha value is -0.610.